The Balaban J connectivity index is 0.699. The van der Waals surface area contributed by atoms with Crippen LogP contribution in [0.15, 0.2) is 35.9 Å². The molecule has 0 spiro atoms. The summed E-state index contributed by atoms with van der Waals surface area (Å²) in [4.78, 5) is 49.2. The van der Waals surface area contributed by atoms with E-state index in [-0.39, 0.29) is 57.1 Å². The Morgan fingerprint density at radius 2 is 0.964 bits per heavy atom. The van der Waals surface area contributed by atoms with E-state index in [1.807, 2.05) is 13.8 Å². The number of hydrogen-bond donors (Lipinski definition) is 23. The second-order valence-electron chi connectivity index (χ2n) is 42.0. The number of esters is 2. The van der Waals surface area contributed by atoms with E-state index in [1.54, 1.807) is 19.1 Å². The van der Waals surface area contributed by atoms with Gasteiger partial charge in [-0.3, -0.25) is 19.6 Å². The van der Waals surface area contributed by atoms with Gasteiger partial charge in [-0.25, -0.2) is 9.28 Å². The lowest BCUT2D eigenvalue weighted by Gasteiger charge is -2.71. The Morgan fingerprint density at radius 1 is 0.457 bits per heavy atom. The van der Waals surface area contributed by atoms with Crippen LogP contribution in [-0.2, 0) is 106 Å². The van der Waals surface area contributed by atoms with Crippen LogP contribution >= 0.6 is 0 Å². The fourth-order valence-electron chi connectivity index (χ4n) is 24.1. The van der Waals surface area contributed by atoms with Crippen molar-refractivity contribution >= 4 is 17.8 Å². The van der Waals surface area contributed by atoms with Crippen LogP contribution < -0.4 is 5.32 Å². The lowest BCUT2D eigenvalue weighted by atomic mass is 9.34. The third-order valence-corrected chi connectivity index (χ3v) is 32.7. The molecule has 1 aromatic rings. The number of hydrogen-bond acceptors (Lipinski definition) is 43. The Bertz CT molecular complexity index is 4170. The topological polar surface area (TPSA) is 674 Å². The van der Waals surface area contributed by atoms with E-state index in [4.69, 9.17) is 85.4 Å². The molecule has 138 heavy (non-hydrogen) atoms. The molecule has 14 rings (SSSR count). The molecule has 23 N–H and O–H groups in total. The summed E-state index contributed by atoms with van der Waals surface area (Å²) in [6.45, 7) is 13.2. The number of halogens is 1. The van der Waals surface area contributed by atoms with Crippen molar-refractivity contribution in [1.82, 2.24) is 5.32 Å². The molecule has 24 unspecified atom stereocenters. The molecule has 8 saturated heterocycles. The molecular weight excluding hydrogens is 1840 g/mol. The second kappa shape index (κ2) is 44.8. The molecule has 1 aromatic carbocycles. The van der Waals surface area contributed by atoms with E-state index in [2.05, 4.69) is 32.2 Å². The standard InChI is InChI=1S/C93H146FNO43/c1-39-55(102)61(108)66(113)81(124-39)132-73-68(115)75(78(118)95-31-17-15-13-11-10-12-14-16-18-54(101)121-36-42-19-21-43(94)22-20-42)134-86(77(73)136-82-67(114)62(109)59(106)48(34-96)127-82)129-53-26-27-89(6)50-24-23-44-45-32-88(4,5)29-30-93(45,52(100)33-91(44,8)90(50,7)28-25-51(89)92(53,9)138-120)87(119)137-85-76(63(110)56(103)40(2)125-85)135-83-70(117)74(71(41(3)126-83)130-79-64(111)57(104)46(98)37-122-79)133-84-69(116)72(60(107)49(35-97)128-84)131-80-65(112)58(105)47(99)38-123-80/h19-23,39-41,45-53,55-77,79-86,96-100,102-117,120H,10-18,24-38H2,1-9H3,(H,95,118)/t39?,40?,41?,45?,46-,47-,48?,49?,50?,51-,52+,53+,55?,56+,57+,58+,59+,60-,61?,62+,63+,64?,65?,66?,67?,68+,69?,70+,71+,72+,73+,74?,75?,76?,77?,79+,80+,81?,82+,83?,84+,85+,86-,89?,90?,91-,92?,93?/m1/s1. The molecule has 44 nitrogen and oxygen atoms in total. The van der Waals surface area contributed by atoms with Gasteiger partial charge in [0.25, 0.3) is 5.91 Å². The summed E-state index contributed by atoms with van der Waals surface area (Å²) in [5.74, 6) is -4.36. The number of fused-ring (bicyclic) bond motifs is 7. The number of allylic oxidation sites excluding steroid dienone is 2. The number of amides is 1. The molecule has 1 amide bonds. The molecule has 13 aliphatic rings. The number of unbranched alkanes of at least 4 members (excludes halogenated alkanes) is 7. The molecule has 788 valence electrons. The summed E-state index contributed by atoms with van der Waals surface area (Å²) in [6.07, 6.45) is -63.5. The number of carbonyl (C=O) groups is 3. The SMILES string of the molecule is CC1OC(O[C@@H]2C(O[C@@H]3OC(CO)[C@H](O)[C@H](O)C3O)[C@H](O[C@H]3CCC4(C)C5CC=C6C7CC(C)(C)CCC7(C(=O)O[C@@H]7OC(C)[C@H](O)[C@H](O)C7OC7OC(C)[C@H](O[C@@H]8OC[C@@H](O)[C@H](O)C8O)C(O[C@@H]8OC(CO)[C@@H](O)[C@H](O[C@@H]9OC[C@@H](O)[C@H](O)C9O)C8O)[C@@H]7O)[C@@H](O)C[C@@]6(C)C5(C)CC[C@H]4C3(C)OO)OC(C(=O)NCCCCCCCCCCC(=O)OCc3ccc(F)cc3)[C@H]2O)C(O)C(O)C1O. The minimum Gasteiger partial charge on any atom is -0.461 e. The van der Waals surface area contributed by atoms with Gasteiger partial charge >= 0.3 is 11.9 Å². The van der Waals surface area contributed by atoms with Gasteiger partial charge < -0.3 is 193 Å². The number of ether oxygens (including phenoxy) is 17. The molecule has 0 aromatic heterocycles. The van der Waals surface area contributed by atoms with Crippen LogP contribution in [0.3, 0.4) is 0 Å². The molecule has 0 radical (unpaired) electrons. The van der Waals surface area contributed by atoms with Gasteiger partial charge in [-0.15, -0.1) is 0 Å². The number of rotatable bonds is 33. The molecule has 12 fully saturated rings. The van der Waals surface area contributed by atoms with Crippen LogP contribution in [0.4, 0.5) is 4.39 Å². The van der Waals surface area contributed by atoms with E-state index in [0.29, 0.717) is 56.9 Å². The number of carbonyl (C=O) groups excluding carboxylic acids is 3. The van der Waals surface area contributed by atoms with Gasteiger partial charge in [-0.2, -0.15) is 0 Å². The zero-order valence-electron chi connectivity index (χ0n) is 79.0. The first kappa shape index (κ1) is 109. The van der Waals surface area contributed by atoms with Gasteiger partial charge in [0.2, 0.25) is 6.29 Å². The van der Waals surface area contributed by atoms with Crippen molar-refractivity contribution < 1.29 is 217 Å². The monoisotopic (exact) mass is 1980 g/mol. The summed E-state index contributed by atoms with van der Waals surface area (Å²) in [5.41, 5.74) is -4.99. The van der Waals surface area contributed by atoms with Crippen molar-refractivity contribution in [3.63, 3.8) is 0 Å². The number of aliphatic hydroxyl groups excluding tert-OH is 21. The quantitative estimate of drug-likeness (QED) is 0.00805. The normalized spacial score (nSPS) is 48.6. The maximum atomic E-state index is 16.2. The second-order valence-corrected chi connectivity index (χ2v) is 42.0. The van der Waals surface area contributed by atoms with Gasteiger partial charge in [-0.1, -0.05) is 96.9 Å². The maximum absolute atomic E-state index is 16.2. The lowest BCUT2D eigenvalue weighted by molar-refractivity contribution is -0.419. The Labute approximate surface area is 797 Å². The minimum atomic E-state index is -2.24. The largest absolute Gasteiger partial charge is 0.461 e. The predicted octanol–water partition coefficient (Wildman–Crippen LogP) is -3.67. The highest BCUT2D eigenvalue weighted by atomic mass is 19.1. The van der Waals surface area contributed by atoms with E-state index >= 15 is 4.79 Å². The smallest absolute Gasteiger partial charge is 0.317 e. The van der Waals surface area contributed by atoms with E-state index < -0.39 is 334 Å². The molecule has 8 aliphatic heterocycles. The van der Waals surface area contributed by atoms with Crippen LogP contribution in [0.5, 0.6) is 0 Å². The Morgan fingerprint density at radius 3 is 1.58 bits per heavy atom. The zero-order chi connectivity index (χ0) is 100. The molecule has 8 heterocycles. The van der Waals surface area contributed by atoms with Crippen LogP contribution in [-0.4, -0.2) is 415 Å². The van der Waals surface area contributed by atoms with Gasteiger partial charge in [0, 0.05) is 13.0 Å². The molecule has 0 bridgehead atoms. The molecular formula is C93H146FNO43. The van der Waals surface area contributed by atoms with Gasteiger partial charge in [-0.05, 0) is 155 Å². The van der Waals surface area contributed by atoms with E-state index in [1.165, 1.54) is 32.9 Å². The average Bonchev–Trinajstić information content (AvgIpc) is 0.667. The van der Waals surface area contributed by atoms with Crippen LogP contribution in [0.1, 0.15) is 183 Å². The van der Waals surface area contributed by atoms with Crippen molar-refractivity contribution in [2.24, 2.45) is 44.8 Å². The van der Waals surface area contributed by atoms with Crippen molar-refractivity contribution in [2.45, 2.75) is 436 Å². The predicted molar refractivity (Wildman–Crippen MR) is 460 cm³/mol. The third kappa shape index (κ3) is 21.6. The summed E-state index contributed by atoms with van der Waals surface area (Å²) in [7, 11) is 0. The van der Waals surface area contributed by atoms with Gasteiger partial charge in [0.1, 0.15) is 176 Å². The van der Waals surface area contributed by atoms with E-state index in [9.17, 15) is 126 Å². The first-order valence-electron chi connectivity index (χ1n) is 48.5. The average molecular weight is 1990 g/mol. The Hall–Kier alpha value is -4.22. The van der Waals surface area contributed by atoms with Gasteiger partial charge in [0.05, 0.1) is 56.9 Å². The summed E-state index contributed by atoms with van der Waals surface area (Å²) in [5, 5.41) is 253. The minimum absolute atomic E-state index is 0.0287. The van der Waals surface area contributed by atoms with Crippen molar-refractivity contribution in [3.05, 3.63) is 47.3 Å². The number of aliphatic hydroxyl groups is 21. The van der Waals surface area contributed by atoms with Crippen LogP contribution in [0.25, 0.3) is 0 Å². The number of nitrogens with one attached hydrogen (secondary N) is 1. The van der Waals surface area contributed by atoms with Crippen molar-refractivity contribution in [2.75, 3.05) is 33.0 Å². The Kier molecular flexibility index (Phi) is 35.6. The van der Waals surface area contributed by atoms with E-state index in [0.717, 1.165) is 37.7 Å². The van der Waals surface area contributed by atoms with Gasteiger partial charge in [0.15, 0.2) is 56.2 Å². The summed E-state index contributed by atoms with van der Waals surface area (Å²) >= 11 is 0. The summed E-state index contributed by atoms with van der Waals surface area (Å²) in [6, 6.07) is 5.68. The maximum Gasteiger partial charge on any atom is 0.317 e. The fraction of sp³-hybridized carbons (Fsp3) is 0.882. The highest BCUT2D eigenvalue weighted by molar-refractivity contribution is 5.82. The molecule has 48 atom stereocenters. The van der Waals surface area contributed by atoms with Crippen LogP contribution in [0.2, 0.25) is 0 Å². The van der Waals surface area contributed by atoms with Crippen molar-refractivity contribution in [1.29, 1.82) is 0 Å². The fourth-order valence-corrected chi connectivity index (χ4v) is 24.1. The number of benzene rings is 1. The zero-order valence-corrected chi connectivity index (χ0v) is 79.0. The third-order valence-electron chi connectivity index (χ3n) is 32.7. The first-order valence-corrected chi connectivity index (χ1v) is 48.5. The lowest BCUT2D eigenvalue weighted by Crippen LogP contribution is -2.71. The highest BCUT2D eigenvalue weighted by Crippen LogP contribution is 2.76. The highest BCUT2D eigenvalue weighted by Gasteiger charge is 2.74. The first-order chi connectivity index (χ1) is 65.2. The molecule has 4 saturated carbocycles. The molecule has 45 heteroatoms. The van der Waals surface area contributed by atoms with Crippen LogP contribution in [0, 0.1) is 50.6 Å². The summed E-state index contributed by atoms with van der Waals surface area (Å²) < 4.78 is 118. The van der Waals surface area contributed by atoms with Crippen molar-refractivity contribution in [3.8, 4) is 0 Å². The molecule has 5 aliphatic carbocycles.